The van der Waals surface area contributed by atoms with Gasteiger partial charge in [-0.05, 0) is 52.6 Å². The summed E-state index contributed by atoms with van der Waals surface area (Å²) in [4.78, 5) is 66.2. The number of phenolic OH excluding ortho intramolecular Hbond substituents is 3. The zero-order valence-corrected chi connectivity index (χ0v) is 58.3. The van der Waals surface area contributed by atoms with Gasteiger partial charge >= 0.3 is 59.1 Å². The number of non-ortho nitro benzene ring substituents is 3. The number of fused-ring (bicyclic) bond motifs is 6. The molecule has 9 aromatic rings. The second-order valence-electron chi connectivity index (χ2n) is 19.7. The molecule has 0 aromatic heterocycles. The molecule has 12 rings (SSSR count). The molecule has 97 heavy (non-hydrogen) atoms. The first-order chi connectivity index (χ1) is 44.0. The summed E-state index contributed by atoms with van der Waals surface area (Å²) in [5.74, 6) is -3.04. The van der Waals surface area contributed by atoms with Gasteiger partial charge in [0.15, 0.2) is 0 Å². The number of aromatic hydroxyl groups is 3. The van der Waals surface area contributed by atoms with Crippen molar-refractivity contribution in [2.45, 2.75) is 0 Å². The van der Waals surface area contributed by atoms with Gasteiger partial charge < -0.3 is 24.4 Å². The number of hydrogen-bond donors (Lipinski definition) is 7. The average Bonchev–Trinajstić information content (AvgIpc) is 0.784. The second kappa shape index (κ2) is 30.9. The number of carbonyl (C=O) groups excluding carboxylic acids is 3. The first kappa shape index (κ1) is 76.8. The topological polar surface area (TPSA) is 483 Å². The fourth-order valence-corrected chi connectivity index (χ4v) is 11.9. The van der Waals surface area contributed by atoms with Gasteiger partial charge in [-0.1, -0.05) is 91.0 Å². The maximum atomic E-state index is 12.6. The van der Waals surface area contributed by atoms with Crippen molar-refractivity contribution in [3.63, 3.8) is 0 Å². The molecule has 0 heterocycles. The van der Waals surface area contributed by atoms with Gasteiger partial charge in [0.1, 0.15) is 76.6 Å². The summed E-state index contributed by atoms with van der Waals surface area (Å²) in [6.45, 7) is 0. The summed E-state index contributed by atoms with van der Waals surface area (Å²) < 4.78 is 103. The van der Waals surface area contributed by atoms with Crippen LogP contribution in [0.4, 0.5) is 34.1 Å². The molecule has 0 radical (unpaired) electrons. The van der Waals surface area contributed by atoms with Crippen molar-refractivity contribution in [1.29, 1.82) is 0 Å². The molecule has 0 fully saturated rings. The van der Waals surface area contributed by atoms with Crippen LogP contribution < -0.4 is 75.4 Å². The standard InChI is InChI=1S/3C20H13N3O7S.2Cr.2Na/c3*24-16-8-5-11-3-1-2-4-13(11)19(16)21-22-20-14-7-6-12(23(26)27)9-15(14)18(10-17(20)25)31(28,29)30;;;;/h3*1-10,21,24H,(H,28,29,30);;;;/q;;;;;2*+1/p-2/b3*22-20+;;;;. The Kier molecular flexibility index (Phi) is 24.5. The maximum Gasteiger partial charge on any atom is 1.00 e. The van der Waals surface area contributed by atoms with E-state index in [-0.39, 0.29) is 179 Å². The summed E-state index contributed by atoms with van der Waals surface area (Å²) in [6, 6.07) is 40.1. The van der Waals surface area contributed by atoms with Crippen LogP contribution in [-0.2, 0) is 79.5 Å². The Morgan fingerprint density at radius 3 is 0.887 bits per heavy atom. The van der Waals surface area contributed by atoms with Crippen molar-refractivity contribution in [2.75, 3.05) is 16.3 Å². The molecule has 0 aliphatic heterocycles. The van der Waals surface area contributed by atoms with Crippen molar-refractivity contribution in [2.24, 2.45) is 15.3 Å². The SMILES string of the molecule is O=C1C=C(S(=O)(=O)O)c2cc([N+](=O)[O-])ccc2/C1=N\Nc1c(O)ccc2ccccc12.O=C1C=C(S(=O)(=O)[O-])c2cc([N+](=O)[O-])ccc2/C1=N\Nc1c(O)ccc2ccccc12.O=C1C=C(S(=O)(=O)[O-])c2cc([N+](=O)[O-])ccc2/C1=N\Nc1c(O)ccc2ccccc12.[Cr].[Cr].[Na+].[Na+]. The number of nitrogens with zero attached hydrogens (tertiary/aromatic N) is 6. The molecule has 3 aliphatic carbocycles. The Morgan fingerprint density at radius 2 is 0.629 bits per heavy atom. The first-order valence-corrected chi connectivity index (χ1v) is 30.4. The van der Waals surface area contributed by atoms with Crippen molar-refractivity contribution >= 4 is 146 Å². The largest absolute Gasteiger partial charge is 1.00 e. The zero-order chi connectivity index (χ0) is 67.0. The number of anilines is 3. The number of hydrogen-bond acceptors (Lipinski definition) is 26. The molecule has 0 atom stereocenters. The van der Waals surface area contributed by atoms with Crippen LogP contribution in [0.25, 0.3) is 47.0 Å². The number of nitrogens with one attached hydrogen (secondary N) is 3. The molecule has 9 aromatic carbocycles. The van der Waals surface area contributed by atoms with E-state index >= 15 is 0 Å². The summed E-state index contributed by atoms with van der Waals surface area (Å²) in [7, 11) is -15.0. The van der Waals surface area contributed by atoms with Gasteiger partial charge in [-0.25, -0.2) is 16.8 Å². The Labute approximate surface area is 612 Å². The number of allylic oxidation sites excluding steroid dienone is 3. The minimum atomic E-state index is -5.09. The first-order valence-electron chi connectivity index (χ1n) is 26.2. The number of carbonyl (C=O) groups is 3. The van der Waals surface area contributed by atoms with Gasteiger partial charge in [0, 0.05) is 139 Å². The maximum absolute atomic E-state index is 12.6. The van der Waals surface area contributed by atoms with E-state index in [9.17, 15) is 99.0 Å². The van der Waals surface area contributed by atoms with E-state index in [0.717, 1.165) is 64.7 Å². The third kappa shape index (κ3) is 16.4. The number of nitro benzene ring substituents is 3. The van der Waals surface area contributed by atoms with E-state index in [1.807, 2.05) is 12.1 Å². The van der Waals surface area contributed by atoms with Gasteiger partial charge in [0.2, 0.25) is 17.3 Å². The van der Waals surface area contributed by atoms with E-state index in [1.165, 1.54) is 24.3 Å². The number of nitro groups is 3. The third-order valence-electron chi connectivity index (χ3n) is 14.1. The van der Waals surface area contributed by atoms with Crippen LogP contribution in [0.3, 0.4) is 0 Å². The number of phenols is 3. The molecular weight excluding hydrogens is 1430 g/mol. The predicted molar refractivity (Wildman–Crippen MR) is 337 cm³/mol. The van der Waals surface area contributed by atoms with Gasteiger partial charge in [-0.15, -0.1) is 0 Å². The molecule has 0 unspecified atom stereocenters. The van der Waals surface area contributed by atoms with Crippen molar-refractivity contribution in [3.8, 4) is 17.2 Å². The molecule has 0 saturated heterocycles. The normalized spacial score (nSPS) is 14.3. The quantitative estimate of drug-likeness (QED) is 0.0304. The third-order valence-corrected chi connectivity index (χ3v) is 16.7. The van der Waals surface area contributed by atoms with Gasteiger partial charge in [0.25, 0.3) is 27.2 Å². The Balaban J connectivity index is 0.000000225. The van der Waals surface area contributed by atoms with E-state index in [1.54, 1.807) is 78.9 Å². The average molecular weight is 1470 g/mol. The number of ketones is 3. The molecule has 3 aliphatic rings. The zero-order valence-electron chi connectivity index (χ0n) is 49.3. The fraction of sp³-hybridized carbons (Fsp3) is 0. The Morgan fingerprint density at radius 1 is 0.371 bits per heavy atom. The molecule has 0 saturated carbocycles. The smallest absolute Gasteiger partial charge is 0.744 e. The summed E-state index contributed by atoms with van der Waals surface area (Å²) in [5, 5.41) is 80.2. The van der Waals surface area contributed by atoms with Crippen LogP contribution >= 0.6 is 0 Å². The monoisotopic (exact) mass is 1460 g/mol. The number of rotatable bonds is 12. The van der Waals surface area contributed by atoms with Gasteiger partial charge in [0.05, 0.1) is 24.6 Å². The molecule has 7 N–H and O–H groups in total. The molecule has 0 amide bonds. The summed E-state index contributed by atoms with van der Waals surface area (Å²) in [6.07, 6.45) is 1.81. The minimum absolute atomic E-state index is 0. The van der Waals surface area contributed by atoms with E-state index in [2.05, 4.69) is 31.6 Å². The molecule has 0 bridgehead atoms. The van der Waals surface area contributed by atoms with Gasteiger partial charge in [-0.3, -0.25) is 65.6 Å². The molecule has 37 heteroatoms. The second-order valence-corrected chi connectivity index (χ2v) is 23.8. The molecule has 0 spiro atoms. The number of hydrazone groups is 3. The summed E-state index contributed by atoms with van der Waals surface area (Å²) in [5.41, 5.74) is 5.34. The van der Waals surface area contributed by atoms with E-state index in [4.69, 9.17) is 0 Å². The van der Waals surface area contributed by atoms with Crippen LogP contribution in [0.5, 0.6) is 17.2 Å². The minimum Gasteiger partial charge on any atom is -0.744 e. The fourth-order valence-electron chi connectivity index (χ4n) is 9.80. The van der Waals surface area contributed by atoms with E-state index < -0.39 is 94.3 Å². The summed E-state index contributed by atoms with van der Waals surface area (Å²) >= 11 is 0. The predicted octanol–water partition coefficient (Wildman–Crippen LogP) is 2.56. The Hall–Kier alpha value is -9.21. The van der Waals surface area contributed by atoms with Crippen molar-refractivity contribution < 1.29 is 177 Å². The van der Waals surface area contributed by atoms with Crippen LogP contribution in [0.2, 0.25) is 0 Å². The number of benzene rings is 9. The van der Waals surface area contributed by atoms with Crippen molar-refractivity contribution in [3.05, 3.63) is 246 Å². The van der Waals surface area contributed by atoms with Crippen LogP contribution in [0, 0.1) is 30.3 Å². The molecule has 30 nitrogen and oxygen atoms in total. The Bertz CT molecular complexity index is 4880. The van der Waals surface area contributed by atoms with Crippen LogP contribution in [0.1, 0.15) is 33.4 Å². The van der Waals surface area contributed by atoms with E-state index in [0.29, 0.717) is 34.4 Å². The molecular formula is C60H37Cr2N9Na2O21S3. The van der Waals surface area contributed by atoms with Crippen LogP contribution in [-0.4, -0.2) is 103 Å². The van der Waals surface area contributed by atoms with Crippen molar-refractivity contribution in [1.82, 2.24) is 0 Å². The molecule has 480 valence electrons. The van der Waals surface area contributed by atoms with Gasteiger partial charge in [-0.2, -0.15) is 23.7 Å². The van der Waals surface area contributed by atoms with Crippen LogP contribution in [0.15, 0.2) is 197 Å².